The van der Waals surface area contributed by atoms with Gasteiger partial charge in [0.05, 0.1) is 16.8 Å². The number of para-hydroxylation sites is 1. The summed E-state index contributed by atoms with van der Waals surface area (Å²) in [6.45, 7) is 6.31. The highest BCUT2D eigenvalue weighted by Crippen LogP contribution is 2.39. The zero-order chi connectivity index (χ0) is 19.6. The molecule has 0 fully saturated rings. The molecular formula is C22H24N4O. The highest BCUT2D eigenvalue weighted by molar-refractivity contribution is 6.14. The lowest BCUT2D eigenvalue weighted by atomic mass is 9.76. The van der Waals surface area contributed by atoms with Crippen LogP contribution in [0.15, 0.2) is 54.6 Å². The van der Waals surface area contributed by atoms with Gasteiger partial charge < -0.3 is 5.73 Å². The van der Waals surface area contributed by atoms with Crippen molar-refractivity contribution in [3.05, 3.63) is 65.7 Å². The van der Waals surface area contributed by atoms with E-state index in [9.17, 15) is 4.79 Å². The number of hydrogen-bond donors (Lipinski definition) is 3. The van der Waals surface area contributed by atoms with E-state index in [-0.39, 0.29) is 17.3 Å². The summed E-state index contributed by atoms with van der Waals surface area (Å²) in [5.41, 5.74) is 9.03. The molecule has 0 atom stereocenters. The average molecular weight is 360 g/mol. The fraction of sp³-hybridized carbons (Fsp3) is 0.227. The lowest BCUT2D eigenvalue weighted by Crippen LogP contribution is -2.37. The third-order valence-corrected chi connectivity index (χ3v) is 4.98. The summed E-state index contributed by atoms with van der Waals surface area (Å²) >= 11 is 0. The molecule has 0 unspecified atom stereocenters. The maximum atomic E-state index is 13.1. The quantitative estimate of drug-likeness (QED) is 0.481. The second kappa shape index (κ2) is 7.19. The summed E-state index contributed by atoms with van der Waals surface area (Å²) in [7, 11) is 0. The predicted molar refractivity (Wildman–Crippen MR) is 110 cm³/mol. The van der Waals surface area contributed by atoms with Gasteiger partial charge in [-0.05, 0) is 23.5 Å². The molecule has 5 nitrogen and oxygen atoms in total. The highest BCUT2D eigenvalue weighted by Gasteiger charge is 2.31. The van der Waals surface area contributed by atoms with E-state index < -0.39 is 0 Å². The van der Waals surface area contributed by atoms with Crippen molar-refractivity contribution in [2.45, 2.75) is 32.6 Å². The number of nitrogens with zero attached hydrogens (tertiary/aromatic N) is 1. The third kappa shape index (κ3) is 3.53. The molecule has 138 valence electrons. The van der Waals surface area contributed by atoms with Gasteiger partial charge in [0.25, 0.3) is 5.91 Å². The first-order valence-electron chi connectivity index (χ1n) is 8.99. The van der Waals surface area contributed by atoms with Gasteiger partial charge >= 0.3 is 0 Å². The van der Waals surface area contributed by atoms with E-state index in [2.05, 4.69) is 26.1 Å². The Hall–Kier alpha value is -3.21. The standard InChI is InChI=1S/C22H24N4O/c1-4-22(2,3)18-17(20(27)26-21(23)24)15-12-8-9-13-16(15)25-19(18)14-10-6-5-7-11-14/h5-13H,4H2,1-3H3,(H4,23,24,26,27). The first-order chi connectivity index (χ1) is 12.8. The van der Waals surface area contributed by atoms with Crippen molar-refractivity contribution in [2.75, 3.05) is 0 Å². The molecule has 4 N–H and O–H groups in total. The van der Waals surface area contributed by atoms with Crippen LogP contribution in [0.1, 0.15) is 43.1 Å². The first kappa shape index (κ1) is 18.6. The van der Waals surface area contributed by atoms with Crippen LogP contribution >= 0.6 is 0 Å². The summed E-state index contributed by atoms with van der Waals surface area (Å²) in [5.74, 6) is -0.753. The van der Waals surface area contributed by atoms with Gasteiger partial charge in [0.1, 0.15) is 0 Å². The van der Waals surface area contributed by atoms with Crippen LogP contribution < -0.4 is 11.1 Å². The van der Waals surface area contributed by atoms with Crippen molar-refractivity contribution in [1.82, 2.24) is 10.3 Å². The van der Waals surface area contributed by atoms with Gasteiger partial charge in [-0.3, -0.25) is 15.5 Å². The fourth-order valence-electron chi connectivity index (χ4n) is 3.27. The minimum atomic E-state index is -0.380. The molecule has 0 radical (unpaired) electrons. The summed E-state index contributed by atoms with van der Waals surface area (Å²) in [6.07, 6.45) is 0.827. The molecule has 0 aliphatic rings. The Morgan fingerprint density at radius 1 is 1.11 bits per heavy atom. The van der Waals surface area contributed by atoms with Gasteiger partial charge in [-0.15, -0.1) is 0 Å². The van der Waals surface area contributed by atoms with Crippen molar-refractivity contribution in [1.29, 1.82) is 5.41 Å². The van der Waals surface area contributed by atoms with Crippen LogP contribution in [0.4, 0.5) is 0 Å². The molecule has 2 aromatic carbocycles. The van der Waals surface area contributed by atoms with Crippen LogP contribution in [-0.4, -0.2) is 16.9 Å². The summed E-state index contributed by atoms with van der Waals surface area (Å²) < 4.78 is 0. The number of nitrogens with two attached hydrogens (primary N) is 1. The average Bonchev–Trinajstić information content (AvgIpc) is 2.66. The summed E-state index contributed by atoms with van der Waals surface area (Å²) in [4.78, 5) is 18.0. The number of guanidine groups is 1. The van der Waals surface area contributed by atoms with Crippen LogP contribution in [0, 0.1) is 5.41 Å². The van der Waals surface area contributed by atoms with Crippen molar-refractivity contribution in [2.24, 2.45) is 5.73 Å². The van der Waals surface area contributed by atoms with Crippen molar-refractivity contribution in [3.63, 3.8) is 0 Å². The molecule has 0 bridgehead atoms. The molecule has 0 spiro atoms. The fourth-order valence-corrected chi connectivity index (χ4v) is 3.27. The maximum absolute atomic E-state index is 13.1. The smallest absolute Gasteiger partial charge is 0.259 e. The summed E-state index contributed by atoms with van der Waals surface area (Å²) in [5, 5.41) is 10.7. The maximum Gasteiger partial charge on any atom is 0.259 e. The number of fused-ring (bicyclic) bond motifs is 1. The molecule has 5 heteroatoms. The lowest BCUT2D eigenvalue weighted by molar-refractivity contribution is 0.0975. The van der Waals surface area contributed by atoms with Crippen LogP contribution in [0.25, 0.3) is 22.2 Å². The molecule has 3 aromatic rings. The van der Waals surface area contributed by atoms with Crippen LogP contribution in [0.3, 0.4) is 0 Å². The van der Waals surface area contributed by atoms with Crippen LogP contribution in [0.2, 0.25) is 0 Å². The van der Waals surface area contributed by atoms with E-state index in [1.807, 2.05) is 54.6 Å². The largest absolute Gasteiger partial charge is 0.370 e. The molecule has 1 heterocycles. The van der Waals surface area contributed by atoms with Crippen LogP contribution in [-0.2, 0) is 5.41 Å². The van der Waals surface area contributed by atoms with Gasteiger partial charge in [-0.2, -0.15) is 0 Å². The Labute approximate surface area is 159 Å². The Morgan fingerprint density at radius 2 is 1.74 bits per heavy atom. The van der Waals surface area contributed by atoms with Gasteiger partial charge in [0.15, 0.2) is 5.96 Å². The number of benzene rings is 2. The number of rotatable bonds is 4. The van der Waals surface area contributed by atoms with E-state index in [4.69, 9.17) is 16.1 Å². The second-order valence-electron chi connectivity index (χ2n) is 7.20. The molecule has 3 rings (SSSR count). The SMILES string of the molecule is CCC(C)(C)c1c(-c2ccccc2)nc2ccccc2c1C(=O)NC(=N)N. The number of pyridine rings is 1. The van der Waals surface area contributed by atoms with Crippen LogP contribution in [0.5, 0.6) is 0 Å². The minimum absolute atomic E-state index is 0.300. The number of aromatic nitrogens is 1. The molecule has 0 aliphatic heterocycles. The molecular weight excluding hydrogens is 336 g/mol. The number of nitrogens with one attached hydrogen (secondary N) is 2. The molecule has 27 heavy (non-hydrogen) atoms. The number of carbonyl (C=O) groups excluding carboxylic acids is 1. The Bertz CT molecular complexity index is 1010. The minimum Gasteiger partial charge on any atom is -0.370 e. The van der Waals surface area contributed by atoms with Gasteiger partial charge in [-0.25, -0.2) is 4.98 Å². The van der Waals surface area contributed by atoms with E-state index >= 15 is 0 Å². The zero-order valence-electron chi connectivity index (χ0n) is 15.8. The van der Waals surface area contributed by atoms with Crippen molar-refractivity contribution < 1.29 is 4.79 Å². The monoisotopic (exact) mass is 360 g/mol. The van der Waals surface area contributed by atoms with Gasteiger partial charge in [0.2, 0.25) is 0 Å². The number of hydrogen-bond acceptors (Lipinski definition) is 3. The van der Waals surface area contributed by atoms with Gasteiger partial charge in [-0.1, -0.05) is 69.3 Å². The summed E-state index contributed by atoms with van der Waals surface area (Å²) in [6, 6.07) is 17.5. The predicted octanol–water partition coefficient (Wildman–Crippen LogP) is 4.21. The van der Waals surface area contributed by atoms with Gasteiger partial charge in [0, 0.05) is 10.9 Å². The topological polar surface area (TPSA) is 91.9 Å². The molecule has 1 amide bonds. The Morgan fingerprint density at radius 3 is 2.37 bits per heavy atom. The Kier molecular flexibility index (Phi) is 4.95. The van der Waals surface area contributed by atoms with E-state index in [1.54, 1.807) is 0 Å². The van der Waals surface area contributed by atoms with Crippen molar-refractivity contribution >= 4 is 22.8 Å². The van der Waals surface area contributed by atoms with E-state index in [0.717, 1.165) is 34.1 Å². The van der Waals surface area contributed by atoms with E-state index in [1.165, 1.54) is 0 Å². The molecule has 0 aliphatic carbocycles. The molecule has 0 saturated carbocycles. The Balaban J connectivity index is 2.46. The highest BCUT2D eigenvalue weighted by atomic mass is 16.1. The zero-order valence-corrected chi connectivity index (χ0v) is 15.8. The van der Waals surface area contributed by atoms with E-state index in [0.29, 0.717) is 5.56 Å². The van der Waals surface area contributed by atoms with Crippen molar-refractivity contribution in [3.8, 4) is 11.3 Å². The first-order valence-corrected chi connectivity index (χ1v) is 8.99. The molecule has 0 saturated heterocycles. The number of carbonyl (C=O) groups is 1. The lowest BCUT2D eigenvalue weighted by Gasteiger charge is -2.29. The third-order valence-electron chi connectivity index (χ3n) is 4.98. The number of amides is 1. The molecule has 1 aromatic heterocycles. The normalized spacial score (nSPS) is 11.4. The second-order valence-corrected chi connectivity index (χ2v) is 7.20.